The summed E-state index contributed by atoms with van der Waals surface area (Å²) in [6.45, 7) is 6.24. The quantitative estimate of drug-likeness (QED) is 0.422. The minimum absolute atomic E-state index is 0.0518. The average Bonchev–Trinajstić information content (AvgIpc) is 3.14. The highest BCUT2D eigenvalue weighted by atomic mass is 19.3. The Balaban J connectivity index is 1.76. The number of carbonyl (C=O) groups is 3. The number of fused-ring (bicyclic) bond motifs is 1. The number of carbonyl (C=O) groups excluding carboxylic acids is 3. The van der Waals surface area contributed by atoms with Crippen molar-refractivity contribution >= 4 is 28.7 Å². The predicted octanol–water partition coefficient (Wildman–Crippen LogP) is 2.79. The number of primary amides is 1. The van der Waals surface area contributed by atoms with E-state index in [1.165, 1.54) is 0 Å². The van der Waals surface area contributed by atoms with Crippen LogP contribution in [-0.2, 0) is 11.3 Å². The van der Waals surface area contributed by atoms with E-state index in [1.54, 1.807) is 16.8 Å². The van der Waals surface area contributed by atoms with Gasteiger partial charge in [-0.15, -0.1) is 0 Å². The van der Waals surface area contributed by atoms with Gasteiger partial charge in [0.25, 0.3) is 5.91 Å². The van der Waals surface area contributed by atoms with Crippen molar-refractivity contribution in [2.24, 2.45) is 17.1 Å². The van der Waals surface area contributed by atoms with Crippen molar-refractivity contribution in [1.29, 1.82) is 0 Å². The maximum atomic E-state index is 13.6. The van der Waals surface area contributed by atoms with Crippen molar-refractivity contribution in [3.8, 4) is 0 Å². The van der Waals surface area contributed by atoms with Crippen LogP contribution in [0.4, 0.5) is 13.6 Å². The molecule has 3 rings (SSSR count). The van der Waals surface area contributed by atoms with Gasteiger partial charge in [0.05, 0.1) is 5.52 Å². The summed E-state index contributed by atoms with van der Waals surface area (Å²) in [5.41, 5.74) is 5.34. The summed E-state index contributed by atoms with van der Waals surface area (Å²) < 4.78 is 28.8. The lowest BCUT2D eigenvalue weighted by Crippen LogP contribution is -2.54. The molecule has 1 atom stereocenters. The fourth-order valence-electron chi connectivity index (χ4n) is 4.31. The van der Waals surface area contributed by atoms with E-state index in [-0.39, 0.29) is 37.5 Å². The van der Waals surface area contributed by atoms with E-state index in [0.717, 1.165) is 5.52 Å². The third kappa shape index (κ3) is 6.89. The van der Waals surface area contributed by atoms with Gasteiger partial charge in [-0.1, -0.05) is 39.0 Å². The van der Waals surface area contributed by atoms with Gasteiger partial charge in [0.1, 0.15) is 6.04 Å². The highest BCUT2D eigenvalue weighted by molar-refractivity contribution is 6.06. The van der Waals surface area contributed by atoms with Crippen molar-refractivity contribution < 1.29 is 23.2 Å². The molecule has 9 nitrogen and oxygen atoms in total. The van der Waals surface area contributed by atoms with E-state index in [2.05, 4.69) is 21.0 Å². The lowest BCUT2D eigenvalue weighted by atomic mass is 9.86. The molecule has 0 spiro atoms. The van der Waals surface area contributed by atoms with Gasteiger partial charge in [0.2, 0.25) is 11.8 Å². The number of amides is 4. The number of rotatable bonds is 8. The second-order valence-electron chi connectivity index (χ2n) is 10.2. The maximum Gasteiger partial charge on any atom is 0.312 e. The van der Waals surface area contributed by atoms with Gasteiger partial charge in [-0.3, -0.25) is 14.3 Å². The van der Waals surface area contributed by atoms with Gasteiger partial charge in [-0.25, -0.2) is 13.6 Å². The zero-order chi connectivity index (χ0) is 25.8. The molecule has 2 aromatic rings. The summed E-state index contributed by atoms with van der Waals surface area (Å²) in [4.78, 5) is 36.9. The molecule has 1 heterocycles. The standard InChI is InChI=1S/C24H34F2N6O3/c1-23(2,3)19(21(34)28-12-13-29-22(27)35)30-20(33)18-16-6-4-5-7-17(16)32(31-18)14-15-8-10-24(25,26)11-9-15/h4-7,15,19H,8-14H2,1-3H3,(H,28,34)(H,30,33)(H3,27,29,35)/t19-/m1/s1. The molecular formula is C24H34F2N6O3. The number of aromatic nitrogens is 2. The number of nitrogens with two attached hydrogens (primary N) is 1. The summed E-state index contributed by atoms with van der Waals surface area (Å²) in [7, 11) is 0. The zero-order valence-corrected chi connectivity index (χ0v) is 20.4. The number of nitrogens with zero attached hydrogens (tertiary/aromatic N) is 2. The number of alkyl halides is 2. The van der Waals surface area contributed by atoms with Gasteiger partial charge in [-0.05, 0) is 30.2 Å². The van der Waals surface area contributed by atoms with Crippen molar-refractivity contribution in [1.82, 2.24) is 25.7 Å². The number of benzene rings is 1. The molecule has 192 valence electrons. The number of hydrogen-bond acceptors (Lipinski definition) is 4. The molecule has 35 heavy (non-hydrogen) atoms. The van der Waals surface area contributed by atoms with Crippen molar-refractivity contribution in [2.75, 3.05) is 13.1 Å². The first-order valence-corrected chi connectivity index (χ1v) is 11.8. The van der Waals surface area contributed by atoms with Crippen LogP contribution in [0.15, 0.2) is 24.3 Å². The van der Waals surface area contributed by atoms with Gasteiger partial charge >= 0.3 is 6.03 Å². The Morgan fingerprint density at radius 3 is 2.40 bits per heavy atom. The number of halogens is 2. The van der Waals surface area contributed by atoms with Crippen LogP contribution < -0.4 is 21.7 Å². The fraction of sp³-hybridized carbons (Fsp3) is 0.583. The third-order valence-corrected chi connectivity index (χ3v) is 6.27. The molecule has 0 radical (unpaired) electrons. The highest BCUT2D eigenvalue weighted by Crippen LogP contribution is 2.37. The Hall–Kier alpha value is -3.24. The lowest BCUT2D eigenvalue weighted by molar-refractivity contribution is -0.125. The largest absolute Gasteiger partial charge is 0.353 e. The third-order valence-electron chi connectivity index (χ3n) is 6.27. The molecule has 4 amide bonds. The van der Waals surface area contributed by atoms with E-state index < -0.39 is 35.2 Å². The van der Waals surface area contributed by atoms with E-state index >= 15 is 0 Å². The summed E-state index contributed by atoms with van der Waals surface area (Å²) in [5.74, 6) is -3.45. The normalized spacial score (nSPS) is 17.1. The van der Waals surface area contributed by atoms with E-state index in [4.69, 9.17) is 5.73 Å². The summed E-state index contributed by atoms with van der Waals surface area (Å²) >= 11 is 0. The Kier molecular flexibility index (Phi) is 7.97. The molecule has 1 aliphatic rings. The molecule has 0 unspecified atom stereocenters. The number of urea groups is 1. The molecule has 0 saturated heterocycles. The minimum Gasteiger partial charge on any atom is -0.353 e. The molecule has 11 heteroatoms. The second kappa shape index (κ2) is 10.6. The van der Waals surface area contributed by atoms with Gasteiger partial charge in [-0.2, -0.15) is 5.10 Å². The van der Waals surface area contributed by atoms with E-state index in [9.17, 15) is 23.2 Å². The van der Waals surface area contributed by atoms with Crippen LogP contribution in [-0.4, -0.2) is 52.7 Å². The Labute approximate surface area is 203 Å². The number of nitrogens with one attached hydrogen (secondary N) is 3. The van der Waals surface area contributed by atoms with Crippen molar-refractivity contribution in [2.45, 2.75) is 65.0 Å². The summed E-state index contributed by atoms with van der Waals surface area (Å²) in [5, 5.41) is 13.0. The zero-order valence-electron chi connectivity index (χ0n) is 20.4. The molecule has 1 fully saturated rings. The predicted molar refractivity (Wildman–Crippen MR) is 128 cm³/mol. The van der Waals surface area contributed by atoms with Crippen LogP contribution in [0.5, 0.6) is 0 Å². The van der Waals surface area contributed by atoms with Crippen LogP contribution in [0.1, 0.15) is 56.9 Å². The molecule has 1 aliphatic carbocycles. The van der Waals surface area contributed by atoms with E-state index in [1.807, 2.05) is 32.9 Å². The topological polar surface area (TPSA) is 131 Å². The van der Waals surface area contributed by atoms with Crippen molar-refractivity contribution in [3.05, 3.63) is 30.0 Å². The van der Waals surface area contributed by atoms with Crippen LogP contribution in [0.25, 0.3) is 10.9 Å². The first-order chi connectivity index (χ1) is 16.4. The molecule has 1 saturated carbocycles. The van der Waals surface area contributed by atoms with Crippen LogP contribution >= 0.6 is 0 Å². The second-order valence-corrected chi connectivity index (χ2v) is 10.2. The van der Waals surface area contributed by atoms with Crippen LogP contribution in [0, 0.1) is 11.3 Å². The van der Waals surface area contributed by atoms with Crippen LogP contribution in [0.3, 0.4) is 0 Å². The average molecular weight is 493 g/mol. The molecule has 0 aliphatic heterocycles. The molecule has 1 aromatic carbocycles. The Morgan fingerprint density at radius 2 is 1.77 bits per heavy atom. The number of para-hydroxylation sites is 1. The first kappa shape index (κ1) is 26.4. The Bertz CT molecular complexity index is 1070. The lowest BCUT2D eigenvalue weighted by Gasteiger charge is -2.30. The van der Waals surface area contributed by atoms with Crippen molar-refractivity contribution in [3.63, 3.8) is 0 Å². The van der Waals surface area contributed by atoms with E-state index in [0.29, 0.717) is 24.8 Å². The van der Waals surface area contributed by atoms with Crippen LogP contribution in [0.2, 0.25) is 0 Å². The fourth-order valence-corrected chi connectivity index (χ4v) is 4.31. The highest BCUT2D eigenvalue weighted by Gasteiger charge is 2.36. The maximum absolute atomic E-state index is 13.6. The van der Waals surface area contributed by atoms with Gasteiger partial charge in [0, 0.05) is 37.9 Å². The smallest absolute Gasteiger partial charge is 0.312 e. The molecule has 5 N–H and O–H groups in total. The van der Waals surface area contributed by atoms with Gasteiger partial charge in [0.15, 0.2) is 5.69 Å². The minimum atomic E-state index is -2.60. The Morgan fingerprint density at radius 1 is 1.14 bits per heavy atom. The SMILES string of the molecule is CC(C)(C)[C@H](NC(=O)c1nn(CC2CCC(F)(F)CC2)c2ccccc12)C(=O)NCCNC(N)=O. The molecule has 0 bridgehead atoms. The molecular weight excluding hydrogens is 458 g/mol. The molecule has 1 aromatic heterocycles. The summed E-state index contributed by atoms with van der Waals surface area (Å²) in [6.07, 6.45) is 0.530. The monoisotopic (exact) mass is 492 g/mol. The summed E-state index contributed by atoms with van der Waals surface area (Å²) in [6, 6.07) is 5.70. The first-order valence-electron chi connectivity index (χ1n) is 11.8. The number of hydrogen-bond donors (Lipinski definition) is 4. The van der Waals surface area contributed by atoms with Gasteiger partial charge < -0.3 is 21.7 Å².